The Labute approximate surface area is 244 Å². The van der Waals surface area contributed by atoms with Gasteiger partial charge in [-0.05, 0) is 60.2 Å². The molecule has 4 rings (SSSR count). The van der Waals surface area contributed by atoms with Crippen LogP contribution in [0, 0.1) is 11.8 Å². The Morgan fingerprint density at radius 3 is 1.76 bits per heavy atom. The summed E-state index contributed by atoms with van der Waals surface area (Å²) in [4.78, 5) is 39.2. The number of benzene rings is 3. The molecule has 1 heterocycles. The predicted octanol–water partition coefficient (Wildman–Crippen LogP) is 4.88. The van der Waals surface area contributed by atoms with Gasteiger partial charge in [-0.15, -0.1) is 0 Å². The van der Waals surface area contributed by atoms with Crippen LogP contribution in [-0.4, -0.2) is 66.1 Å². The highest BCUT2D eigenvalue weighted by molar-refractivity contribution is 5.96. The number of rotatable bonds is 14. The molecule has 1 aliphatic heterocycles. The number of carboxylic acid groups (broad SMARTS) is 2. The third-order valence-electron chi connectivity index (χ3n) is 7.73. The highest BCUT2D eigenvalue weighted by atomic mass is 16.7. The molecule has 0 aliphatic carbocycles. The number of amides is 1. The van der Waals surface area contributed by atoms with Crippen molar-refractivity contribution in [3.8, 4) is 11.5 Å². The quantitative estimate of drug-likeness (QED) is 0.159. The summed E-state index contributed by atoms with van der Waals surface area (Å²) >= 11 is 0. The van der Waals surface area contributed by atoms with E-state index in [0.717, 1.165) is 16.7 Å². The fourth-order valence-electron chi connectivity index (χ4n) is 5.63. The molecule has 0 spiro atoms. The molecule has 0 unspecified atom stereocenters. The van der Waals surface area contributed by atoms with E-state index in [9.17, 15) is 24.6 Å². The molecule has 0 aromatic heterocycles. The summed E-state index contributed by atoms with van der Waals surface area (Å²) in [7, 11) is 3.17. The first-order chi connectivity index (χ1) is 20.2. The fourth-order valence-corrected chi connectivity index (χ4v) is 5.63. The van der Waals surface area contributed by atoms with Crippen LogP contribution in [0.2, 0.25) is 0 Å². The number of aliphatic carboxylic acids is 1. The lowest BCUT2D eigenvalue weighted by Gasteiger charge is -2.53. The Morgan fingerprint density at radius 1 is 0.810 bits per heavy atom. The van der Waals surface area contributed by atoms with Gasteiger partial charge in [0, 0.05) is 12.0 Å². The van der Waals surface area contributed by atoms with E-state index < -0.39 is 36.0 Å². The maximum Gasteiger partial charge on any atom is 0.505 e. The second kappa shape index (κ2) is 13.7. The topological polar surface area (TPSA) is 123 Å². The molecular weight excluding hydrogens is 538 g/mol. The standard InChI is InChI=1S/C33H35NO8/c1-21(32(36)37)30-29(25(20-42-33(38)39)17-22-7-5-4-6-8-22)31(35)34(30)26(18-23-9-13-27(40-2)14-10-23)19-24-11-15-28(41-3)16-12-24/h4-16,25-26,29-30H,1,17-20H2,2-3H3,(H,36,37)(H,38,39)/t25-,29-,30+/m0/s1. The number of ether oxygens (including phenoxy) is 3. The summed E-state index contributed by atoms with van der Waals surface area (Å²) in [6, 6.07) is 23.1. The molecule has 3 aromatic carbocycles. The van der Waals surface area contributed by atoms with Gasteiger partial charge < -0.3 is 29.3 Å². The molecule has 1 amide bonds. The molecule has 3 atom stereocenters. The summed E-state index contributed by atoms with van der Waals surface area (Å²) in [5.74, 6) is -1.48. The van der Waals surface area contributed by atoms with Crippen molar-refractivity contribution >= 4 is 18.0 Å². The molecule has 1 fully saturated rings. The van der Waals surface area contributed by atoms with Crippen molar-refractivity contribution in [2.75, 3.05) is 20.8 Å². The number of carbonyl (C=O) groups excluding carboxylic acids is 1. The minimum atomic E-state index is -1.46. The number of likely N-dealkylation sites (tertiary alicyclic amines) is 1. The van der Waals surface area contributed by atoms with E-state index in [2.05, 4.69) is 6.58 Å². The normalized spacial score (nSPS) is 16.8. The Morgan fingerprint density at radius 2 is 1.31 bits per heavy atom. The van der Waals surface area contributed by atoms with E-state index in [1.807, 2.05) is 78.9 Å². The van der Waals surface area contributed by atoms with Crippen LogP contribution in [0.5, 0.6) is 11.5 Å². The number of carboxylic acids is 1. The number of hydrogen-bond donors (Lipinski definition) is 2. The van der Waals surface area contributed by atoms with Crippen LogP contribution >= 0.6 is 0 Å². The fraction of sp³-hybridized carbons (Fsp3) is 0.303. The number of β-lactam (4-membered cyclic amide) rings is 1. The lowest BCUT2D eigenvalue weighted by atomic mass is 9.71. The first-order valence-corrected chi connectivity index (χ1v) is 13.6. The summed E-state index contributed by atoms with van der Waals surface area (Å²) in [5.41, 5.74) is 2.65. The predicted molar refractivity (Wildman–Crippen MR) is 156 cm³/mol. The molecule has 9 heteroatoms. The monoisotopic (exact) mass is 573 g/mol. The number of nitrogens with zero attached hydrogens (tertiary/aromatic N) is 1. The Balaban J connectivity index is 1.70. The number of carbonyl (C=O) groups is 3. The summed E-state index contributed by atoms with van der Waals surface area (Å²) in [6.45, 7) is 3.60. The van der Waals surface area contributed by atoms with Crippen molar-refractivity contribution in [3.05, 3.63) is 108 Å². The van der Waals surface area contributed by atoms with E-state index in [0.29, 0.717) is 30.8 Å². The Bertz CT molecular complexity index is 1340. The molecular formula is C33H35NO8. The van der Waals surface area contributed by atoms with E-state index >= 15 is 0 Å². The third kappa shape index (κ3) is 7.09. The largest absolute Gasteiger partial charge is 0.505 e. The second-order valence-electron chi connectivity index (χ2n) is 10.3. The molecule has 42 heavy (non-hydrogen) atoms. The first kappa shape index (κ1) is 30.2. The molecule has 1 saturated heterocycles. The second-order valence-corrected chi connectivity index (χ2v) is 10.3. The summed E-state index contributed by atoms with van der Waals surface area (Å²) < 4.78 is 15.5. The van der Waals surface area contributed by atoms with Gasteiger partial charge in [-0.25, -0.2) is 9.59 Å². The van der Waals surface area contributed by atoms with Crippen LogP contribution in [0.15, 0.2) is 91.0 Å². The molecule has 220 valence electrons. The van der Waals surface area contributed by atoms with Crippen LogP contribution in [0.1, 0.15) is 16.7 Å². The van der Waals surface area contributed by atoms with Gasteiger partial charge in [-0.2, -0.15) is 0 Å². The van der Waals surface area contributed by atoms with E-state index in [-0.39, 0.29) is 18.1 Å². The van der Waals surface area contributed by atoms with Gasteiger partial charge in [0.15, 0.2) is 0 Å². The molecule has 2 N–H and O–H groups in total. The van der Waals surface area contributed by atoms with Crippen molar-refractivity contribution in [2.24, 2.45) is 11.8 Å². The average molecular weight is 574 g/mol. The smallest absolute Gasteiger partial charge is 0.497 e. The minimum absolute atomic E-state index is 0.123. The van der Waals surface area contributed by atoms with Crippen LogP contribution in [-0.2, 0) is 33.6 Å². The summed E-state index contributed by atoms with van der Waals surface area (Å²) in [5, 5.41) is 19.2. The van der Waals surface area contributed by atoms with Crippen LogP contribution in [0.3, 0.4) is 0 Å². The zero-order valence-corrected chi connectivity index (χ0v) is 23.6. The maximum absolute atomic E-state index is 14.0. The lowest BCUT2D eigenvalue weighted by molar-refractivity contribution is -0.165. The Hall–Kier alpha value is -4.79. The van der Waals surface area contributed by atoms with Gasteiger partial charge in [0.2, 0.25) is 5.91 Å². The van der Waals surface area contributed by atoms with Gasteiger partial charge >= 0.3 is 12.1 Å². The highest BCUT2D eigenvalue weighted by Crippen LogP contribution is 2.41. The zero-order valence-electron chi connectivity index (χ0n) is 23.6. The minimum Gasteiger partial charge on any atom is -0.497 e. The van der Waals surface area contributed by atoms with Crippen molar-refractivity contribution in [2.45, 2.75) is 31.3 Å². The van der Waals surface area contributed by atoms with E-state index in [1.54, 1.807) is 19.1 Å². The molecule has 0 bridgehead atoms. The SMILES string of the molecule is C=C(C(=O)O)[C@@H]1[C@H]([C@H](COC(=O)O)Cc2ccccc2)C(=O)N1C(Cc1ccc(OC)cc1)Cc1ccc(OC)cc1. The zero-order chi connectivity index (χ0) is 30.2. The van der Waals surface area contributed by atoms with E-state index in [4.69, 9.17) is 14.2 Å². The molecule has 3 aromatic rings. The maximum atomic E-state index is 14.0. The van der Waals surface area contributed by atoms with Gasteiger partial charge in [0.1, 0.15) is 11.5 Å². The van der Waals surface area contributed by atoms with Gasteiger partial charge in [0.25, 0.3) is 0 Å². The number of hydrogen-bond acceptors (Lipinski definition) is 6. The Kier molecular flexibility index (Phi) is 9.85. The van der Waals surface area contributed by atoms with Gasteiger partial charge in [-0.1, -0.05) is 61.2 Å². The first-order valence-electron chi connectivity index (χ1n) is 13.6. The molecule has 0 saturated carbocycles. The molecule has 1 aliphatic rings. The van der Waals surface area contributed by atoms with Crippen molar-refractivity contribution in [1.29, 1.82) is 0 Å². The van der Waals surface area contributed by atoms with Crippen LogP contribution < -0.4 is 9.47 Å². The molecule has 9 nitrogen and oxygen atoms in total. The molecule has 0 radical (unpaired) electrons. The summed E-state index contributed by atoms with van der Waals surface area (Å²) in [6.07, 6.45) is -0.217. The van der Waals surface area contributed by atoms with Crippen LogP contribution in [0.4, 0.5) is 4.79 Å². The van der Waals surface area contributed by atoms with E-state index in [1.165, 1.54) is 0 Å². The van der Waals surface area contributed by atoms with Gasteiger partial charge in [0.05, 0.1) is 38.4 Å². The number of methoxy groups -OCH3 is 2. The third-order valence-corrected chi connectivity index (χ3v) is 7.73. The van der Waals surface area contributed by atoms with Gasteiger partial charge in [-0.3, -0.25) is 4.79 Å². The average Bonchev–Trinajstić information content (AvgIpc) is 2.99. The van der Waals surface area contributed by atoms with Crippen molar-refractivity contribution in [1.82, 2.24) is 4.90 Å². The lowest BCUT2D eigenvalue weighted by Crippen LogP contribution is -2.68. The van der Waals surface area contributed by atoms with Crippen molar-refractivity contribution < 1.29 is 38.8 Å². The highest BCUT2D eigenvalue weighted by Gasteiger charge is 2.55. The van der Waals surface area contributed by atoms with Crippen molar-refractivity contribution in [3.63, 3.8) is 0 Å². The van der Waals surface area contributed by atoms with Crippen LogP contribution in [0.25, 0.3) is 0 Å².